The maximum Gasteiger partial charge on any atom is 0.387 e. The van der Waals surface area contributed by atoms with E-state index in [1.54, 1.807) is 0 Å². The fourth-order valence-corrected chi connectivity index (χ4v) is 4.12. The highest BCUT2D eigenvalue weighted by molar-refractivity contribution is 5.98. The van der Waals surface area contributed by atoms with Crippen LogP contribution in [0, 0.1) is 5.92 Å². The molecular weight excluding hydrogens is 348 g/mol. The molecule has 3 unspecified atom stereocenters. The average Bonchev–Trinajstić information content (AvgIpc) is 3.00. The number of fused-ring (bicyclic) bond motifs is 1. The molecule has 8 heteroatoms. The summed E-state index contributed by atoms with van der Waals surface area (Å²) in [5.41, 5.74) is 0.195. The van der Waals surface area contributed by atoms with Crippen LogP contribution >= 0.6 is 0 Å². The molecule has 1 saturated heterocycles. The molecule has 1 saturated carbocycles. The number of nitrogens with zero attached hydrogens (tertiary/aromatic N) is 1. The molecule has 1 amide bonds. The maximum absolute atomic E-state index is 13.0. The van der Waals surface area contributed by atoms with E-state index in [-0.39, 0.29) is 29.0 Å². The highest BCUT2D eigenvalue weighted by atomic mass is 19.3. The maximum atomic E-state index is 13.0. The van der Waals surface area contributed by atoms with Gasteiger partial charge in [-0.15, -0.1) is 0 Å². The third kappa shape index (κ3) is 3.45. The molecule has 142 valence electrons. The number of carbonyl (C=O) groups is 2. The Bertz CT molecular complexity index is 696. The van der Waals surface area contributed by atoms with Crippen LogP contribution < -0.4 is 9.47 Å². The van der Waals surface area contributed by atoms with E-state index in [1.165, 1.54) is 30.2 Å². The van der Waals surface area contributed by atoms with Gasteiger partial charge in [0.05, 0.1) is 7.11 Å². The van der Waals surface area contributed by atoms with Crippen LogP contribution in [0.4, 0.5) is 8.78 Å². The van der Waals surface area contributed by atoms with Crippen molar-refractivity contribution in [3.8, 4) is 11.5 Å². The van der Waals surface area contributed by atoms with Crippen molar-refractivity contribution in [3.63, 3.8) is 0 Å². The van der Waals surface area contributed by atoms with Crippen LogP contribution in [0.2, 0.25) is 0 Å². The van der Waals surface area contributed by atoms with E-state index in [1.807, 2.05) is 0 Å². The van der Waals surface area contributed by atoms with E-state index in [0.717, 1.165) is 25.7 Å². The predicted octanol–water partition coefficient (Wildman–Crippen LogP) is 3.15. The minimum Gasteiger partial charge on any atom is -0.493 e. The highest BCUT2D eigenvalue weighted by Gasteiger charge is 2.47. The second-order valence-electron chi connectivity index (χ2n) is 6.66. The summed E-state index contributed by atoms with van der Waals surface area (Å²) in [6, 6.07) is 2.95. The van der Waals surface area contributed by atoms with Gasteiger partial charge in [0.2, 0.25) is 0 Å². The first-order valence-electron chi connectivity index (χ1n) is 8.60. The smallest absolute Gasteiger partial charge is 0.387 e. The number of alkyl halides is 2. The van der Waals surface area contributed by atoms with Gasteiger partial charge in [-0.2, -0.15) is 8.78 Å². The van der Waals surface area contributed by atoms with E-state index in [2.05, 4.69) is 4.74 Å². The fourth-order valence-electron chi connectivity index (χ4n) is 4.12. The number of likely N-dealkylation sites (tertiary alicyclic amines) is 1. The van der Waals surface area contributed by atoms with Crippen LogP contribution in [0.25, 0.3) is 0 Å². The first-order chi connectivity index (χ1) is 12.4. The second-order valence-corrected chi connectivity index (χ2v) is 6.66. The van der Waals surface area contributed by atoms with Gasteiger partial charge >= 0.3 is 12.6 Å². The lowest BCUT2D eigenvalue weighted by atomic mass is 9.84. The molecule has 0 bridgehead atoms. The van der Waals surface area contributed by atoms with Crippen LogP contribution in [0.5, 0.6) is 11.5 Å². The van der Waals surface area contributed by atoms with Gasteiger partial charge in [-0.3, -0.25) is 4.79 Å². The Morgan fingerprint density at radius 1 is 1.23 bits per heavy atom. The number of benzene rings is 1. The molecular formula is C18H21F2NO5. The van der Waals surface area contributed by atoms with E-state index in [9.17, 15) is 23.5 Å². The average molecular weight is 369 g/mol. The Balaban J connectivity index is 1.90. The zero-order valence-corrected chi connectivity index (χ0v) is 14.4. The van der Waals surface area contributed by atoms with Crippen LogP contribution in [0.3, 0.4) is 0 Å². The topological polar surface area (TPSA) is 76.1 Å². The number of carbonyl (C=O) groups excluding carboxylic acids is 1. The minimum absolute atomic E-state index is 0.00224. The summed E-state index contributed by atoms with van der Waals surface area (Å²) in [5, 5.41) is 9.55. The van der Waals surface area contributed by atoms with Crippen molar-refractivity contribution in [2.75, 3.05) is 7.11 Å². The standard InChI is InChI=1S/C18H21F2NO5/c1-25-15-9-11(6-7-14(15)26-18(19)20)16(22)21-12-5-3-2-4-10(12)8-13(21)17(23)24/h6-7,9-10,12-13,18H,2-5,8H2,1H3,(H,23,24). The molecule has 2 fully saturated rings. The summed E-state index contributed by atoms with van der Waals surface area (Å²) in [6.07, 6.45) is 4.16. The summed E-state index contributed by atoms with van der Waals surface area (Å²) in [6.45, 7) is -3.01. The van der Waals surface area contributed by atoms with Gasteiger partial charge in [0.25, 0.3) is 5.91 Å². The van der Waals surface area contributed by atoms with Crippen LogP contribution in [0.15, 0.2) is 18.2 Å². The number of rotatable bonds is 5. The second kappa shape index (κ2) is 7.47. The van der Waals surface area contributed by atoms with E-state index < -0.39 is 24.5 Å². The third-order valence-electron chi connectivity index (χ3n) is 5.23. The van der Waals surface area contributed by atoms with Crippen LogP contribution in [-0.2, 0) is 4.79 Å². The van der Waals surface area contributed by atoms with E-state index in [4.69, 9.17) is 4.74 Å². The van der Waals surface area contributed by atoms with Crippen molar-refractivity contribution in [1.29, 1.82) is 0 Å². The summed E-state index contributed by atoms with van der Waals surface area (Å²) in [7, 11) is 1.29. The number of halogens is 2. The monoisotopic (exact) mass is 369 g/mol. The molecule has 2 aliphatic rings. The normalized spacial score (nSPS) is 25.1. The number of carboxylic acid groups (broad SMARTS) is 1. The number of carboxylic acids is 1. The zero-order chi connectivity index (χ0) is 18.8. The number of methoxy groups -OCH3 is 1. The summed E-state index contributed by atoms with van der Waals surface area (Å²) < 4.78 is 34.3. The Labute approximate surface area is 149 Å². The molecule has 1 N–H and O–H groups in total. The van der Waals surface area contributed by atoms with Crippen molar-refractivity contribution in [2.45, 2.75) is 50.8 Å². The minimum atomic E-state index is -3.01. The lowest BCUT2D eigenvalue weighted by molar-refractivity contribution is -0.141. The molecule has 26 heavy (non-hydrogen) atoms. The summed E-state index contributed by atoms with van der Waals surface area (Å²) in [5.74, 6) is -1.42. The summed E-state index contributed by atoms with van der Waals surface area (Å²) in [4.78, 5) is 26.2. The first kappa shape index (κ1) is 18.4. The van der Waals surface area contributed by atoms with E-state index >= 15 is 0 Å². The molecule has 1 aromatic rings. The Morgan fingerprint density at radius 3 is 2.62 bits per heavy atom. The third-order valence-corrected chi connectivity index (χ3v) is 5.23. The number of aliphatic carboxylic acids is 1. The lowest BCUT2D eigenvalue weighted by Gasteiger charge is -2.33. The molecule has 0 radical (unpaired) electrons. The van der Waals surface area contributed by atoms with Gasteiger partial charge < -0.3 is 19.5 Å². The molecule has 1 aliphatic heterocycles. The van der Waals surface area contributed by atoms with Gasteiger partial charge in [-0.25, -0.2) is 4.79 Å². The predicted molar refractivity (Wildman–Crippen MR) is 87.6 cm³/mol. The van der Waals surface area contributed by atoms with Crippen molar-refractivity contribution in [1.82, 2.24) is 4.90 Å². The molecule has 3 atom stereocenters. The molecule has 1 aliphatic carbocycles. The SMILES string of the molecule is COc1cc(C(=O)N2C(C(=O)O)CC3CCCCC32)ccc1OC(F)F. The molecule has 3 rings (SSSR count). The van der Waals surface area contributed by atoms with Gasteiger partial charge in [-0.05, 0) is 43.4 Å². The molecule has 1 heterocycles. The molecule has 0 spiro atoms. The van der Waals surface area contributed by atoms with Crippen LogP contribution in [0.1, 0.15) is 42.5 Å². The Kier molecular flexibility index (Phi) is 5.29. The summed E-state index contributed by atoms with van der Waals surface area (Å²) >= 11 is 0. The largest absolute Gasteiger partial charge is 0.493 e. The molecule has 0 aromatic heterocycles. The van der Waals surface area contributed by atoms with Crippen molar-refractivity contribution in [3.05, 3.63) is 23.8 Å². The van der Waals surface area contributed by atoms with Gasteiger partial charge in [0.15, 0.2) is 11.5 Å². The van der Waals surface area contributed by atoms with Crippen molar-refractivity contribution < 1.29 is 33.0 Å². The van der Waals surface area contributed by atoms with Crippen molar-refractivity contribution >= 4 is 11.9 Å². The van der Waals surface area contributed by atoms with Crippen LogP contribution in [-0.4, -0.2) is 47.7 Å². The number of hydrogen-bond donors (Lipinski definition) is 1. The quantitative estimate of drug-likeness (QED) is 0.863. The van der Waals surface area contributed by atoms with Gasteiger partial charge in [0, 0.05) is 11.6 Å². The highest BCUT2D eigenvalue weighted by Crippen LogP contribution is 2.41. The number of ether oxygens (including phenoxy) is 2. The lowest BCUT2D eigenvalue weighted by Crippen LogP contribution is -2.46. The molecule has 6 nitrogen and oxygen atoms in total. The van der Waals surface area contributed by atoms with Crippen molar-refractivity contribution in [2.24, 2.45) is 5.92 Å². The molecule has 1 aromatic carbocycles. The number of hydrogen-bond acceptors (Lipinski definition) is 4. The zero-order valence-electron chi connectivity index (χ0n) is 14.4. The fraction of sp³-hybridized carbons (Fsp3) is 0.556. The van der Waals surface area contributed by atoms with Gasteiger partial charge in [-0.1, -0.05) is 12.8 Å². The Morgan fingerprint density at radius 2 is 1.96 bits per heavy atom. The van der Waals surface area contributed by atoms with Gasteiger partial charge in [0.1, 0.15) is 6.04 Å². The first-order valence-corrected chi connectivity index (χ1v) is 8.60. The van der Waals surface area contributed by atoms with E-state index in [0.29, 0.717) is 6.42 Å². The number of amides is 1. The Hall–Kier alpha value is -2.38.